The zero-order valence-corrected chi connectivity index (χ0v) is 13.6. The maximum absolute atomic E-state index is 11.8. The molecule has 1 fully saturated rings. The largest absolute Gasteiger partial charge is 0.314 e. The first-order valence-electron chi connectivity index (χ1n) is 6.99. The van der Waals surface area contributed by atoms with E-state index < -0.39 is 0 Å². The highest BCUT2D eigenvalue weighted by Crippen LogP contribution is 2.19. The van der Waals surface area contributed by atoms with Crippen LogP contribution in [0.3, 0.4) is 0 Å². The van der Waals surface area contributed by atoms with Crippen molar-refractivity contribution in [3.05, 3.63) is 5.01 Å². The molecule has 1 aliphatic rings. The van der Waals surface area contributed by atoms with E-state index in [0.29, 0.717) is 23.5 Å². The van der Waals surface area contributed by atoms with E-state index in [1.165, 1.54) is 24.2 Å². The summed E-state index contributed by atoms with van der Waals surface area (Å²) in [5, 5.41) is 15.9. The topological polar surface area (TPSA) is 66.9 Å². The van der Waals surface area contributed by atoms with Gasteiger partial charge in [-0.05, 0) is 31.7 Å². The average molecular weight is 319 g/mol. The Kier molecular flexibility index (Phi) is 7.40. The van der Waals surface area contributed by atoms with Gasteiger partial charge in [-0.1, -0.05) is 25.2 Å². The minimum absolute atomic E-state index is 0. The molecule has 1 atom stereocenters. The lowest BCUT2D eigenvalue weighted by molar-refractivity contribution is -0.116. The molecule has 114 valence electrons. The van der Waals surface area contributed by atoms with Gasteiger partial charge in [0.15, 0.2) is 0 Å². The van der Waals surface area contributed by atoms with E-state index in [9.17, 15) is 4.79 Å². The number of amides is 1. The Labute approximate surface area is 130 Å². The van der Waals surface area contributed by atoms with E-state index >= 15 is 0 Å². The quantitative estimate of drug-likeness (QED) is 0.846. The fraction of sp³-hybridized carbons (Fsp3) is 0.769. The Bertz CT molecular complexity index is 418. The number of nitrogens with one attached hydrogen (secondary N) is 2. The highest BCUT2D eigenvalue weighted by atomic mass is 35.5. The molecule has 0 spiro atoms. The minimum Gasteiger partial charge on any atom is -0.314 e. The molecule has 1 aromatic heterocycles. The first-order valence-corrected chi connectivity index (χ1v) is 7.80. The summed E-state index contributed by atoms with van der Waals surface area (Å²) in [5.41, 5.74) is 0. The van der Waals surface area contributed by atoms with Gasteiger partial charge >= 0.3 is 0 Å². The van der Waals surface area contributed by atoms with Gasteiger partial charge in [0.05, 0.1) is 0 Å². The number of hydrogen-bond acceptors (Lipinski definition) is 5. The molecule has 20 heavy (non-hydrogen) atoms. The predicted octanol–water partition coefficient (Wildman–Crippen LogP) is 2.63. The van der Waals surface area contributed by atoms with Crippen molar-refractivity contribution in [2.24, 2.45) is 5.92 Å². The third-order valence-electron chi connectivity index (χ3n) is 3.18. The molecule has 2 heterocycles. The molecule has 0 aliphatic carbocycles. The zero-order chi connectivity index (χ0) is 13.7. The van der Waals surface area contributed by atoms with Crippen molar-refractivity contribution in [1.82, 2.24) is 15.5 Å². The number of aromatic nitrogens is 2. The molecule has 5 nitrogen and oxygen atoms in total. The van der Waals surface area contributed by atoms with Crippen LogP contribution in [0.4, 0.5) is 5.13 Å². The van der Waals surface area contributed by atoms with Gasteiger partial charge in [0.1, 0.15) is 5.01 Å². The second kappa shape index (κ2) is 8.54. The standard InChI is InChI=1S/C13H22N4OS.ClH/c1-9(2)8-12-16-17-13(19-12)15-11(18)6-5-10-4-3-7-14-10;/h9-10,14H,3-8H2,1-2H3,(H,15,17,18);1H. The lowest BCUT2D eigenvalue weighted by Crippen LogP contribution is -2.23. The Balaban J connectivity index is 0.00000200. The number of nitrogens with zero attached hydrogens (tertiary/aromatic N) is 2. The van der Waals surface area contributed by atoms with Gasteiger partial charge in [0.2, 0.25) is 11.0 Å². The molecule has 0 radical (unpaired) electrons. The summed E-state index contributed by atoms with van der Waals surface area (Å²) in [7, 11) is 0. The Morgan fingerprint density at radius 3 is 2.95 bits per heavy atom. The number of halogens is 1. The molecular formula is C13H23ClN4OS. The molecule has 1 aliphatic heterocycles. The van der Waals surface area contributed by atoms with Crippen molar-refractivity contribution in [3.63, 3.8) is 0 Å². The molecule has 1 amide bonds. The molecule has 1 aromatic rings. The lowest BCUT2D eigenvalue weighted by Gasteiger charge is -2.08. The monoisotopic (exact) mass is 318 g/mol. The Morgan fingerprint density at radius 1 is 1.50 bits per heavy atom. The fourth-order valence-corrected chi connectivity index (χ4v) is 3.19. The van der Waals surface area contributed by atoms with Crippen molar-refractivity contribution >= 4 is 34.8 Å². The van der Waals surface area contributed by atoms with Crippen molar-refractivity contribution in [1.29, 1.82) is 0 Å². The molecule has 2 N–H and O–H groups in total. The maximum atomic E-state index is 11.8. The summed E-state index contributed by atoms with van der Waals surface area (Å²) in [6.07, 6.45) is 4.78. The van der Waals surface area contributed by atoms with Gasteiger partial charge in [0, 0.05) is 18.9 Å². The molecule has 1 unspecified atom stereocenters. The van der Waals surface area contributed by atoms with Crippen molar-refractivity contribution < 1.29 is 4.79 Å². The van der Waals surface area contributed by atoms with Crippen LogP contribution >= 0.6 is 23.7 Å². The summed E-state index contributed by atoms with van der Waals surface area (Å²) in [6, 6.07) is 0.511. The second-order valence-electron chi connectivity index (χ2n) is 5.48. The normalized spacial score (nSPS) is 18.1. The maximum Gasteiger partial charge on any atom is 0.226 e. The van der Waals surface area contributed by atoms with Crippen LogP contribution in [0.15, 0.2) is 0 Å². The van der Waals surface area contributed by atoms with Crippen molar-refractivity contribution in [3.8, 4) is 0 Å². The van der Waals surface area contributed by atoms with Crippen LogP contribution < -0.4 is 10.6 Å². The lowest BCUT2D eigenvalue weighted by atomic mass is 10.1. The van der Waals surface area contributed by atoms with Crippen molar-refractivity contribution in [2.45, 2.75) is 52.0 Å². The summed E-state index contributed by atoms with van der Waals surface area (Å²) in [6.45, 7) is 5.38. The van der Waals surface area contributed by atoms with E-state index in [1.54, 1.807) is 0 Å². The van der Waals surface area contributed by atoms with Gasteiger partial charge < -0.3 is 10.6 Å². The molecule has 0 aromatic carbocycles. The summed E-state index contributed by atoms with van der Waals surface area (Å²) in [4.78, 5) is 11.8. The molecule has 1 saturated heterocycles. The SMILES string of the molecule is CC(C)Cc1nnc(NC(=O)CCC2CCCN2)s1.Cl. The van der Waals surface area contributed by atoms with Crippen LogP contribution in [-0.2, 0) is 11.2 Å². The fourth-order valence-electron chi connectivity index (χ4n) is 2.23. The van der Waals surface area contributed by atoms with Gasteiger partial charge in [-0.15, -0.1) is 22.6 Å². The summed E-state index contributed by atoms with van der Waals surface area (Å²) >= 11 is 1.48. The van der Waals surface area contributed by atoms with Crippen LogP contribution in [0, 0.1) is 5.92 Å². The Morgan fingerprint density at radius 2 is 2.30 bits per heavy atom. The van der Waals surface area contributed by atoms with E-state index in [1.807, 2.05) is 0 Å². The highest BCUT2D eigenvalue weighted by Gasteiger charge is 2.16. The van der Waals surface area contributed by atoms with Crippen LogP contribution in [0.1, 0.15) is 44.5 Å². The molecule has 7 heteroatoms. The Hall–Kier alpha value is -0.720. The highest BCUT2D eigenvalue weighted by molar-refractivity contribution is 7.15. The third-order valence-corrected chi connectivity index (χ3v) is 4.04. The summed E-state index contributed by atoms with van der Waals surface area (Å²) in [5.74, 6) is 0.603. The molecule has 0 bridgehead atoms. The first-order chi connectivity index (χ1) is 9.13. The van der Waals surface area contributed by atoms with Crippen molar-refractivity contribution in [2.75, 3.05) is 11.9 Å². The number of carbonyl (C=O) groups is 1. The predicted molar refractivity (Wildman–Crippen MR) is 84.6 cm³/mol. The number of anilines is 1. The minimum atomic E-state index is 0. The van der Waals surface area contributed by atoms with E-state index in [-0.39, 0.29) is 18.3 Å². The molecular weight excluding hydrogens is 296 g/mol. The van der Waals surface area contributed by atoms with Crippen LogP contribution in [0.25, 0.3) is 0 Å². The first kappa shape index (κ1) is 17.3. The van der Waals surface area contributed by atoms with E-state index in [0.717, 1.165) is 24.4 Å². The van der Waals surface area contributed by atoms with Gasteiger partial charge in [-0.2, -0.15) is 0 Å². The van der Waals surface area contributed by atoms with Crippen LogP contribution in [0.5, 0.6) is 0 Å². The van der Waals surface area contributed by atoms with Crippen LogP contribution in [-0.4, -0.2) is 28.7 Å². The van der Waals surface area contributed by atoms with E-state index in [2.05, 4.69) is 34.7 Å². The number of rotatable bonds is 6. The smallest absolute Gasteiger partial charge is 0.226 e. The number of carbonyl (C=O) groups excluding carboxylic acids is 1. The van der Waals surface area contributed by atoms with Gasteiger partial charge in [0.25, 0.3) is 0 Å². The average Bonchev–Trinajstić information content (AvgIpc) is 2.97. The van der Waals surface area contributed by atoms with Crippen LogP contribution in [0.2, 0.25) is 0 Å². The van der Waals surface area contributed by atoms with E-state index in [4.69, 9.17) is 0 Å². The van der Waals surface area contributed by atoms with Gasteiger partial charge in [-0.25, -0.2) is 0 Å². The summed E-state index contributed by atoms with van der Waals surface area (Å²) < 4.78 is 0. The van der Waals surface area contributed by atoms with Gasteiger partial charge in [-0.3, -0.25) is 4.79 Å². The zero-order valence-electron chi connectivity index (χ0n) is 12.0. The number of hydrogen-bond donors (Lipinski definition) is 2. The third kappa shape index (κ3) is 5.73. The molecule has 2 rings (SSSR count). The second-order valence-corrected chi connectivity index (χ2v) is 6.54. The molecule has 0 saturated carbocycles.